The number of hydrogen-bond donors (Lipinski definition) is 6. The van der Waals surface area contributed by atoms with Gasteiger partial charge in [0.25, 0.3) is 0 Å². The maximum Gasteiger partial charge on any atom is 0.348 e. The summed E-state index contributed by atoms with van der Waals surface area (Å²) in [6.45, 7) is 13.4. The largest absolute Gasteiger partial charge is 0.755 e. The summed E-state index contributed by atoms with van der Waals surface area (Å²) in [6, 6.07) is 11.2. The molecule has 0 amide bonds. The second kappa shape index (κ2) is 36.0. The zero-order valence-electron chi connectivity index (χ0n) is 48.0. The van der Waals surface area contributed by atoms with E-state index < -0.39 is 135 Å². The Hall–Kier alpha value is -8.34. The molecule has 0 aliphatic carbocycles. The minimum absolute atomic E-state index is 0.00838. The number of carbonyl (C=O) groups excluding carboxylic acids is 9. The van der Waals surface area contributed by atoms with Gasteiger partial charge in [0.2, 0.25) is 10.0 Å². The van der Waals surface area contributed by atoms with Crippen molar-refractivity contribution in [3.63, 3.8) is 0 Å². The molecule has 0 spiro atoms. The molecular weight excluding hydrogens is 1250 g/mol. The summed E-state index contributed by atoms with van der Waals surface area (Å²) in [5.74, 6) is -9.10. The van der Waals surface area contributed by atoms with E-state index in [0.717, 1.165) is 32.0 Å². The molecule has 0 fully saturated rings. The SMILES string of the molecule is CCOC(=O)[C@H](C)OC(=O)[C@H](C)OC(=O)[C@H](C)OC(=O)[C@H](C)O.CCOC(=O)[C@H](C)OC(=O)[C@H](C)OC(=O)[C@H](C)OC(=O)[C@H](C)OC(=O)c1cc(S(N)(=O)=O)c(Cl)cc1NCc1ccco1.O=C(O)c1cc(NS(=O)[O-])c(Cl)cc1NCc1ccco1. The van der Waals surface area contributed by atoms with Crippen LogP contribution in [0.5, 0.6) is 0 Å². The number of carbonyl (C=O) groups is 10. The van der Waals surface area contributed by atoms with Crippen molar-refractivity contribution in [2.24, 2.45) is 5.14 Å². The fourth-order valence-corrected chi connectivity index (χ4v) is 7.76. The van der Waals surface area contributed by atoms with Gasteiger partial charge in [-0.25, -0.2) is 61.5 Å². The molecule has 4 aromatic rings. The van der Waals surface area contributed by atoms with E-state index in [4.69, 9.17) is 75.4 Å². The van der Waals surface area contributed by atoms with Crippen LogP contribution in [0.15, 0.2) is 74.8 Å². The van der Waals surface area contributed by atoms with Crippen LogP contribution in [0, 0.1) is 0 Å². The maximum absolute atomic E-state index is 13.0. The normalized spacial score (nSPS) is 13.9. The van der Waals surface area contributed by atoms with Gasteiger partial charge >= 0.3 is 59.7 Å². The van der Waals surface area contributed by atoms with E-state index >= 15 is 0 Å². The van der Waals surface area contributed by atoms with Crippen LogP contribution < -0.4 is 20.5 Å². The Kier molecular flexibility index (Phi) is 30.9. The monoisotopic (exact) mass is 1310 g/mol. The second-order valence-electron chi connectivity index (χ2n) is 17.5. The zero-order valence-corrected chi connectivity index (χ0v) is 51.1. The summed E-state index contributed by atoms with van der Waals surface area (Å²) in [5.41, 5.74) is -0.165. The average molecular weight is 1310 g/mol. The molecule has 2 aromatic carbocycles. The Labute approximate surface area is 509 Å². The molecule has 4 rings (SSSR count). The fourth-order valence-electron chi connectivity index (χ4n) is 6.05. The molecule has 35 heteroatoms. The molecule has 0 saturated carbocycles. The van der Waals surface area contributed by atoms with Gasteiger partial charge in [0.1, 0.15) is 22.5 Å². The van der Waals surface area contributed by atoms with E-state index in [1.165, 1.54) is 60.1 Å². The van der Waals surface area contributed by atoms with Crippen molar-refractivity contribution in [3.05, 3.63) is 93.7 Å². The number of carboxylic acid groups (broad SMARTS) is 1. The molecule has 0 aliphatic rings. The van der Waals surface area contributed by atoms with Crippen LogP contribution in [0.1, 0.15) is 101 Å². The number of aliphatic hydroxyl groups is 1. The van der Waals surface area contributed by atoms with E-state index in [1.54, 1.807) is 38.1 Å². The van der Waals surface area contributed by atoms with Crippen LogP contribution in [0.2, 0.25) is 10.0 Å². The number of esters is 9. The smallest absolute Gasteiger partial charge is 0.348 e. The number of halogens is 2. The second-order valence-corrected chi connectivity index (χ2v) is 20.5. The van der Waals surface area contributed by atoms with Gasteiger partial charge < -0.3 is 81.6 Å². The predicted octanol–water partition coefficient (Wildman–Crippen LogP) is 4.27. The molecule has 0 aliphatic heterocycles. The number of nitrogens with two attached hydrogens (primary N) is 1. The molecular formula is C52H63Cl2N4O27S2-. The predicted molar refractivity (Wildman–Crippen MR) is 299 cm³/mol. The topological polar surface area (TPSA) is 457 Å². The summed E-state index contributed by atoms with van der Waals surface area (Å²) < 4.78 is 101. The Balaban J connectivity index is 0.000000492. The molecule has 0 bridgehead atoms. The first-order valence-electron chi connectivity index (χ1n) is 25.4. The number of benzene rings is 2. The summed E-state index contributed by atoms with van der Waals surface area (Å²) in [5, 5.41) is 28.9. The number of carboxylic acids is 1. The minimum atomic E-state index is -4.35. The highest BCUT2D eigenvalue weighted by Crippen LogP contribution is 2.32. The molecule has 0 saturated heterocycles. The lowest BCUT2D eigenvalue weighted by Gasteiger charge is -2.20. The average Bonchev–Trinajstić information content (AvgIpc) is 2.13. The van der Waals surface area contributed by atoms with Crippen LogP contribution in [-0.4, -0.2) is 149 Å². The summed E-state index contributed by atoms with van der Waals surface area (Å²) in [6.07, 6.45) is -8.10. The summed E-state index contributed by atoms with van der Waals surface area (Å²) >= 11 is 9.38. The Morgan fingerprint density at radius 1 is 0.563 bits per heavy atom. The van der Waals surface area contributed by atoms with Gasteiger partial charge in [0.05, 0.1) is 77.1 Å². The molecule has 0 radical (unpaired) electrons. The van der Waals surface area contributed by atoms with Gasteiger partial charge in [-0.1, -0.05) is 23.2 Å². The Bertz CT molecular complexity index is 3180. The first-order valence-corrected chi connectivity index (χ1v) is 28.8. The van der Waals surface area contributed by atoms with Crippen LogP contribution in [0.25, 0.3) is 0 Å². The lowest BCUT2D eigenvalue weighted by atomic mass is 10.1. The number of rotatable bonds is 28. The van der Waals surface area contributed by atoms with Crippen molar-refractivity contribution in [2.45, 2.75) is 136 Å². The highest BCUT2D eigenvalue weighted by atomic mass is 35.5. The summed E-state index contributed by atoms with van der Waals surface area (Å²) in [4.78, 5) is 118. The van der Waals surface area contributed by atoms with Crippen LogP contribution >= 0.6 is 23.2 Å². The van der Waals surface area contributed by atoms with E-state index in [-0.39, 0.29) is 64.5 Å². The van der Waals surface area contributed by atoms with Crippen molar-refractivity contribution in [3.8, 4) is 0 Å². The number of ether oxygens (including phenoxy) is 9. The number of nitrogens with one attached hydrogen (secondary N) is 3. The van der Waals surface area contributed by atoms with Crippen LogP contribution in [0.4, 0.5) is 17.1 Å². The van der Waals surface area contributed by atoms with Gasteiger partial charge in [0, 0.05) is 11.3 Å². The number of anilines is 3. The van der Waals surface area contributed by atoms with Crippen molar-refractivity contribution in [1.29, 1.82) is 0 Å². The molecule has 9 atom stereocenters. The van der Waals surface area contributed by atoms with Crippen LogP contribution in [-0.2, 0) is 115 Å². The minimum Gasteiger partial charge on any atom is -0.755 e. The Morgan fingerprint density at radius 3 is 1.25 bits per heavy atom. The first kappa shape index (κ1) is 74.8. The van der Waals surface area contributed by atoms with Gasteiger partial charge in [-0.05, 0) is 118 Å². The number of primary sulfonamides is 1. The molecule has 87 heavy (non-hydrogen) atoms. The third-order valence-corrected chi connectivity index (χ3v) is 12.5. The van der Waals surface area contributed by atoms with Gasteiger partial charge in [0.15, 0.2) is 42.7 Å². The van der Waals surface area contributed by atoms with Crippen LogP contribution in [0.3, 0.4) is 0 Å². The lowest BCUT2D eigenvalue weighted by molar-refractivity contribution is -0.183. The highest BCUT2D eigenvalue weighted by Gasteiger charge is 2.33. The number of sulfonamides is 1. The Morgan fingerprint density at radius 2 is 0.920 bits per heavy atom. The third-order valence-electron chi connectivity index (χ3n) is 10.5. The summed E-state index contributed by atoms with van der Waals surface area (Å²) in [7, 11) is -4.35. The van der Waals surface area contributed by atoms with E-state index in [1.807, 2.05) is 4.72 Å². The van der Waals surface area contributed by atoms with Gasteiger partial charge in [-0.3, -0.25) is 4.21 Å². The number of aliphatic hydroxyl groups excluding tert-OH is 1. The molecule has 480 valence electrons. The molecule has 2 aromatic heterocycles. The van der Waals surface area contributed by atoms with Gasteiger partial charge in [-0.15, -0.1) is 0 Å². The van der Waals surface area contributed by atoms with Crippen molar-refractivity contribution < 1.29 is 127 Å². The third kappa shape index (κ3) is 25.6. The molecule has 2 heterocycles. The zero-order chi connectivity index (χ0) is 66.0. The van der Waals surface area contributed by atoms with E-state index in [2.05, 4.69) is 20.1 Å². The van der Waals surface area contributed by atoms with E-state index in [9.17, 15) is 70.2 Å². The van der Waals surface area contributed by atoms with Crippen molar-refractivity contribution >= 4 is 121 Å². The molecule has 7 N–H and O–H groups in total. The fraction of sp³-hybridized carbons (Fsp3) is 0.423. The number of aromatic carboxylic acids is 1. The molecule has 31 nitrogen and oxygen atoms in total. The standard InChI is InChI=1S/C26H31ClN2O13S.C14H22O9.C12H11ClN2O5S/c1-6-37-22(30)13(2)39-23(31)14(3)40-24(32)15(4)41-25(33)16(5)42-26(34)18-10-21(43(28,35)36)19(27)11-20(18)29-12-17-8-7-9-38-17;1-6-20-12(17)8(3)22-14(19)10(5)23-13(18)9(4)21-11(16)7(2)15;13-9-5-10(14-6-7-2-1-3-20-7)8(12(16)17)4-11(9)15-21(18)19/h7-11,13-16,29H,6,12H2,1-5H3,(H2,28,35,36);7-10,15H,6H2,1-5H3;1-5,14-15H,6H2,(H,16,17)(H,18,19)/p-1/t13-,14-,15-,16-;7-,8-,9-,10-;/m00./s1. The number of furan rings is 2. The number of hydrogen-bond acceptors (Lipinski definition) is 28. The highest BCUT2D eigenvalue weighted by molar-refractivity contribution is 7.89. The van der Waals surface area contributed by atoms with E-state index in [0.29, 0.717) is 11.5 Å². The van der Waals surface area contributed by atoms with Crippen molar-refractivity contribution in [1.82, 2.24) is 0 Å². The quantitative estimate of drug-likeness (QED) is 0.0263. The van der Waals surface area contributed by atoms with Gasteiger partial charge in [-0.2, -0.15) is 0 Å². The maximum atomic E-state index is 13.0. The van der Waals surface area contributed by atoms with Crippen molar-refractivity contribution in [2.75, 3.05) is 28.6 Å². The first-order chi connectivity index (χ1) is 40.6. The lowest BCUT2D eigenvalue weighted by Crippen LogP contribution is -2.37. The molecule has 1 unspecified atom stereocenters.